The molecule has 2 rings (SSSR count). The molecule has 0 amide bonds. The molecule has 0 aromatic carbocycles. The lowest BCUT2D eigenvalue weighted by molar-refractivity contribution is 0.291. The van der Waals surface area contributed by atoms with Crippen LogP contribution in [0.4, 0.5) is 5.95 Å². The fraction of sp³-hybridized carbons (Fsp3) is 0.800. The summed E-state index contributed by atoms with van der Waals surface area (Å²) in [5, 5.41) is 0.204. The second kappa shape index (κ2) is 7.78. The zero-order valence-corrected chi connectivity index (χ0v) is 13.9. The smallest absolute Gasteiger partial charge is 0.322 e. The van der Waals surface area contributed by atoms with Gasteiger partial charge in [-0.2, -0.15) is 15.0 Å². The first-order chi connectivity index (χ1) is 10.1. The molecule has 1 fully saturated rings. The maximum Gasteiger partial charge on any atom is 0.322 e. The number of rotatable bonds is 5. The molecule has 0 N–H and O–H groups in total. The van der Waals surface area contributed by atoms with Crippen LogP contribution in [0.2, 0.25) is 5.28 Å². The number of halogens is 1. The number of anilines is 1. The standard InChI is InChI=1S/C15H25ClN4O/c1-4-10-21-15-18-13(16)17-14(19-15)20-8-5-6-12(7-9-20)11(2)3/h11-12H,4-10H2,1-3H3. The van der Waals surface area contributed by atoms with Gasteiger partial charge in [-0.05, 0) is 49.1 Å². The van der Waals surface area contributed by atoms with Crippen LogP contribution < -0.4 is 9.64 Å². The molecule has 1 atom stereocenters. The Morgan fingerprint density at radius 3 is 2.76 bits per heavy atom. The van der Waals surface area contributed by atoms with Gasteiger partial charge in [-0.1, -0.05) is 20.8 Å². The topological polar surface area (TPSA) is 51.1 Å². The molecular weight excluding hydrogens is 288 g/mol. The van der Waals surface area contributed by atoms with Crippen LogP contribution in [0.1, 0.15) is 46.5 Å². The number of hydrogen-bond donors (Lipinski definition) is 0. The van der Waals surface area contributed by atoms with Gasteiger partial charge in [0.1, 0.15) is 0 Å². The van der Waals surface area contributed by atoms with E-state index in [4.69, 9.17) is 16.3 Å². The molecule has 6 heteroatoms. The van der Waals surface area contributed by atoms with Crippen LogP contribution in [0.5, 0.6) is 6.01 Å². The lowest BCUT2D eigenvalue weighted by Crippen LogP contribution is -2.27. The lowest BCUT2D eigenvalue weighted by atomic mass is 9.89. The van der Waals surface area contributed by atoms with Gasteiger partial charge >= 0.3 is 6.01 Å². The van der Waals surface area contributed by atoms with Crippen LogP contribution in [0, 0.1) is 11.8 Å². The predicted octanol–water partition coefficient (Wildman–Crippen LogP) is 3.58. The van der Waals surface area contributed by atoms with E-state index < -0.39 is 0 Å². The quantitative estimate of drug-likeness (QED) is 0.832. The van der Waals surface area contributed by atoms with Crippen molar-refractivity contribution >= 4 is 17.5 Å². The summed E-state index contributed by atoms with van der Waals surface area (Å²) in [5.41, 5.74) is 0. The normalized spacial score (nSPS) is 19.7. The van der Waals surface area contributed by atoms with E-state index in [9.17, 15) is 0 Å². The second-order valence-corrected chi connectivity index (χ2v) is 6.30. The van der Waals surface area contributed by atoms with Gasteiger partial charge < -0.3 is 9.64 Å². The Bertz CT molecular complexity index is 455. The maximum absolute atomic E-state index is 6.00. The van der Waals surface area contributed by atoms with Crippen LogP contribution in [-0.2, 0) is 0 Å². The Kier molecular flexibility index (Phi) is 6.03. The summed E-state index contributed by atoms with van der Waals surface area (Å²) >= 11 is 6.00. The van der Waals surface area contributed by atoms with E-state index in [1.807, 2.05) is 6.92 Å². The number of hydrogen-bond acceptors (Lipinski definition) is 5. The van der Waals surface area contributed by atoms with Crippen LogP contribution in [0.3, 0.4) is 0 Å². The Balaban J connectivity index is 2.08. The third-order valence-electron chi connectivity index (χ3n) is 4.01. The van der Waals surface area contributed by atoms with E-state index in [1.54, 1.807) is 0 Å². The highest BCUT2D eigenvalue weighted by atomic mass is 35.5. The van der Waals surface area contributed by atoms with Crippen LogP contribution >= 0.6 is 11.6 Å². The first kappa shape index (κ1) is 16.3. The Morgan fingerprint density at radius 1 is 1.24 bits per heavy atom. The fourth-order valence-electron chi connectivity index (χ4n) is 2.71. The molecule has 118 valence electrons. The van der Waals surface area contributed by atoms with Crippen LogP contribution in [-0.4, -0.2) is 34.6 Å². The first-order valence-electron chi connectivity index (χ1n) is 7.89. The minimum absolute atomic E-state index is 0.204. The Labute approximate surface area is 132 Å². The SMILES string of the molecule is CCCOc1nc(Cl)nc(N2CCCC(C(C)C)CC2)n1. The molecule has 0 saturated carbocycles. The van der Waals surface area contributed by atoms with Gasteiger partial charge in [-0.15, -0.1) is 0 Å². The zero-order chi connectivity index (χ0) is 15.2. The molecule has 0 bridgehead atoms. The van der Waals surface area contributed by atoms with Crippen molar-refractivity contribution in [2.24, 2.45) is 11.8 Å². The largest absolute Gasteiger partial charge is 0.463 e. The maximum atomic E-state index is 6.00. The fourth-order valence-corrected chi connectivity index (χ4v) is 2.86. The number of aromatic nitrogens is 3. The number of nitrogens with zero attached hydrogens (tertiary/aromatic N) is 4. The van der Waals surface area contributed by atoms with Crippen LogP contribution in [0.15, 0.2) is 0 Å². The van der Waals surface area contributed by atoms with E-state index in [0.717, 1.165) is 37.8 Å². The summed E-state index contributed by atoms with van der Waals surface area (Å²) in [6, 6.07) is 0.330. The predicted molar refractivity (Wildman–Crippen MR) is 85.0 cm³/mol. The molecule has 1 saturated heterocycles. The minimum atomic E-state index is 0.204. The van der Waals surface area contributed by atoms with Gasteiger partial charge in [0.05, 0.1) is 6.61 Å². The third-order valence-corrected chi connectivity index (χ3v) is 4.18. The summed E-state index contributed by atoms with van der Waals surface area (Å²) in [6.45, 7) is 9.18. The zero-order valence-electron chi connectivity index (χ0n) is 13.2. The van der Waals surface area contributed by atoms with Gasteiger partial charge in [0, 0.05) is 13.1 Å². The molecule has 1 aliphatic rings. The molecular formula is C15H25ClN4O. The Hall–Kier alpha value is -1.10. The summed E-state index contributed by atoms with van der Waals surface area (Å²) in [7, 11) is 0. The number of ether oxygens (including phenoxy) is 1. The van der Waals surface area contributed by atoms with Crippen molar-refractivity contribution in [3.05, 3.63) is 5.28 Å². The van der Waals surface area contributed by atoms with Gasteiger partial charge in [0.2, 0.25) is 11.2 Å². The highest BCUT2D eigenvalue weighted by molar-refractivity contribution is 6.28. The monoisotopic (exact) mass is 312 g/mol. The average Bonchev–Trinajstić information content (AvgIpc) is 2.70. The van der Waals surface area contributed by atoms with E-state index in [0.29, 0.717) is 18.6 Å². The third kappa shape index (κ3) is 4.70. The Morgan fingerprint density at radius 2 is 2.05 bits per heavy atom. The summed E-state index contributed by atoms with van der Waals surface area (Å²) in [6.07, 6.45) is 4.52. The highest BCUT2D eigenvalue weighted by Gasteiger charge is 2.21. The molecule has 2 heterocycles. The molecule has 1 aromatic rings. The molecule has 1 aromatic heterocycles. The molecule has 1 unspecified atom stereocenters. The summed E-state index contributed by atoms with van der Waals surface area (Å²) in [5.74, 6) is 2.16. The molecule has 1 aliphatic heterocycles. The van der Waals surface area contributed by atoms with Gasteiger partial charge in [0.25, 0.3) is 0 Å². The van der Waals surface area contributed by atoms with Gasteiger partial charge in [-0.3, -0.25) is 0 Å². The van der Waals surface area contributed by atoms with E-state index >= 15 is 0 Å². The van der Waals surface area contributed by atoms with Gasteiger partial charge in [-0.25, -0.2) is 0 Å². The van der Waals surface area contributed by atoms with E-state index in [1.165, 1.54) is 12.8 Å². The van der Waals surface area contributed by atoms with Crippen molar-refractivity contribution in [2.45, 2.75) is 46.5 Å². The molecule has 0 radical (unpaired) electrons. The molecule has 21 heavy (non-hydrogen) atoms. The van der Waals surface area contributed by atoms with Crippen molar-refractivity contribution in [2.75, 3.05) is 24.6 Å². The second-order valence-electron chi connectivity index (χ2n) is 5.96. The van der Waals surface area contributed by atoms with E-state index in [-0.39, 0.29) is 5.28 Å². The first-order valence-corrected chi connectivity index (χ1v) is 8.27. The average molecular weight is 313 g/mol. The molecule has 5 nitrogen and oxygen atoms in total. The van der Waals surface area contributed by atoms with Crippen molar-refractivity contribution in [1.29, 1.82) is 0 Å². The molecule has 0 aliphatic carbocycles. The summed E-state index contributed by atoms with van der Waals surface area (Å²) < 4.78 is 5.48. The van der Waals surface area contributed by atoms with Crippen molar-refractivity contribution in [1.82, 2.24) is 15.0 Å². The van der Waals surface area contributed by atoms with E-state index in [2.05, 4.69) is 33.7 Å². The van der Waals surface area contributed by atoms with Crippen molar-refractivity contribution < 1.29 is 4.74 Å². The minimum Gasteiger partial charge on any atom is -0.463 e. The molecule has 0 spiro atoms. The summed E-state index contributed by atoms with van der Waals surface area (Å²) in [4.78, 5) is 14.9. The van der Waals surface area contributed by atoms with Crippen LogP contribution in [0.25, 0.3) is 0 Å². The highest BCUT2D eigenvalue weighted by Crippen LogP contribution is 2.26. The van der Waals surface area contributed by atoms with Crippen molar-refractivity contribution in [3.8, 4) is 6.01 Å². The van der Waals surface area contributed by atoms with Gasteiger partial charge in [0.15, 0.2) is 0 Å². The van der Waals surface area contributed by atoms with Crippen molar-refractivity contribution in [3.63, 3.8) is 0 Å². The lowest BCUT2D eigenvalue weighted by Gasteiger charge is -2.21.